The Bertz CT molecular complexity index is 368. The predicted molar refractivity (Wildman–Crippen MR) is 72.2 cm³/mol. The van der Waals surface area contributed by atoms with Gasteiger partial charge in [-0.3, -0.25) is 4.79 Å². The van der Waals surface area contributed by atoms with Crippen LogP contribution >= 0.6 is 15.9 Å². The quantitative estimate of drug-likeness (QED) is 0.756. The van der Waals surface area contributed by atoms with E-state index in [-0.39, 0.29) is 5.91 Å². The summed E-state index contributed by atoms with van der Waals surface area (Å²) in [7, 11) is 1.82. The maximum atomic E-state index is 11.5. The van der Waals surface area contributed by atoms with E-state index in [0.717, 1.165) is 23.2 Å². The van der Waals surface area contributed by atoms with E-state index in [0.29, 0.717) is 13.0 Å². The largest absolute Gasteiger partial charge is 0.494 e. The molecule has 3 nitrogen and oxygen atoms in total. The molecule has 0 saturated heterocycles. The zero-order valence-electron chi connectivity index (χ0n) is 10.3. The molecular formula is C13H18BrNO2. The molecule has 0 saturated carbocycles. The fourth-order valence-corrected chi connectivity index (χ4v) is 1.72. The average molecular weight is 300 g/mol. The van der Waals surface area contributed by atoms with Crippen molar-refractivity contribution in [1.29, 1.82) is 0 Å². The second-order valence-electron chi connectivity index (χ2n) is 3.82. The summed E-state index contributed by atoms with van der Waals surface area (Å²) < 4.78 is 6.55. The Balaban J connectivity index is 2.22. The third-order valence-electron chi connectivity index (χ3n) is 2.50. The summed E-state index contributed by atoms with van der Waals surface area (Å²) in [6, 6.07) is 7.70. The van der Waals surface area contributed by atoms with Crippen molar-refractivity contribution in [3.8, 4) is 5.75 Å². The first-order chi connectivity index (χ1) is 8.13. The maximum Gasteiger partial charge on any atom is 0.222 e. The molecule has 0 aromatic heterocycles. The van der Waals surface area contributed by atoms with Crippen LogP contribution in [0.25, 0.3) is 0 Å². The first-order valence-electron chi connectivity index (χ1n) is 5.75. The Morgan fingerprint density at radius 2 is 2.24 bits per heavy atom. The second kappa shape index (κ2) is 7.33. The van der Waals surface area contributed by atoms with E-state index in [1.165, 1.54) is 0 Å². The van der Waals surface area contributed by atoms with Crippen molar-refractivity contribution in [2.45, 2.75) is 19.8 Å². The van der Waals surface area contributed by atoms with Crippen molar-refractivity contribution >= 4 is 21.8 Å². The lowest BCUT2D eigenvalue weighted by molar-refractivity contribution is -0.129. The molecule has 0 bridgehead atoms. The van der Waals surface area contributed by atoms with Gasteiger partial charge in [0.25, 0.3) is 0 Å². The van der Waals surface area contributed by atoms with Gasteiger partial charge in [0.05, 0.1) is 6.61 Å². The Morgan fingerprint density at radius 3 is 2.88 bits per heavy atom. The molecule has 17 heavy (non-hydrogen) atoms. The van der Waals surface area contributed by atoms with E-state index in [1.807, 2.05) is 38.2 Å². The van der Waals surface area contributed by atoms with Crippen LogP contribution in [0.1, 0.15) is 19.8 Å². The summed E-state index contributed by atoms with van der Waals surface area (Å²) in [5.74, 6) is 1.00. The lowest BCUT2D eigenvalue weighted by atomic mass is 10.3. The first-order valence-corrected chi connectivity index (χ1v) is 6.55. The van der Waals surface area contributed by atoms with Crippen LogP contribution in [0.15, 0.2) is 28.7 Å². The summed E-state index contributed by atoms with van der Waals surface area (Å²) in [5.41, 5.74) is 0. The van der Waals surface area contributed by atoms with Gasteiger partial charge in [-0.25, -0.2) is 0 Å². The highest BCUT2D eigenvalue weighted by Gasteiger charge is 2.05. The van der Waals surface area contributed by atoms with E-state index < -0.39 is 0 Å². The number of ether oxygens (including phenoxy) is 1. The molecule has 0 atom stereocenters. The van der Waals surface area contributed by atoms with Crippen LogP contribution in [0.2, 0.25) is 0 Å². The molecule has 0 N–H and O–H groups in total. The molecule has 1 aromatic carbocycles. The molecule has 94 valence electrons. The normalized spacial score (nSPS) is 10.1. The van der Waals surface area contributed by atoms with Crippen molar-refractivity contribution in [2.75, 3.05) is 20.2 Å². The first kappa shape index (κ1) is 14.0. The fraction of sp³-hybridized carbons (Fsp3) is 0.462. The molecule has 0 heterocycles. The van der Waals surface area contributed by atoms with Crippen LogP contribution in [-0.2, 0) is 4.79 Å². The molecule has 4 heteroatoms. The molecule has 0 fully saturated rings. The minimum Gasteiger partial charge on any atom is -0.494 e. The molecule has 0 aliphatic rings. The molecule has 0 aliphatic carbocycles. The summed E-state index contributed by atoms with van der Waals surface area (Å²) in [4.78, 5) is 13.2. The van der Waals surface area contributed by atoms with Gasteiger partial charge in [-0.1, -0.05) is 22.0 Å². The Morgan fingerprint density at radius 1 is 1.47 bits per heavy atom. The van der Waals surface area contributed by atoms with Gasteiger partial charge in [0.2, 0.25) is 5.91 Å². The third-order valence-corrected chi connectivity index (χ3v) is 2.99. The highest BCUT2D eigenvalue weighted by Crippen LogP contribution is 2.17. The highest BCUT2D eigenvalue weighted by molar-refractivity contribution is 9.10. The summed E-state index contributed by atoms with van der Waals surface area (Å²) >= 11 is 3.38. The van der Waals surface area contributed by atoms with Crippen LogP contribution in [0.4, 0.5) is 0 Å². The fourth-order valence-electron chi connectivity index (χ4n) is 1.34. The van der Waals surface area contributed by atoms with Crippen LogP contribution in [-0.4, -0.2) is 31.0 Å². The summed E-state index contributed by atoms with van der Waals surface area (Å²) in [6.07, 6.45) is 1.29. The monoisotopic (exact) mass is 299 g/mol. The van der Waals surface area contributed by atoms with E-state index >= 15 is 0 Å². The number of rotatable bonds is 6. The number of halogens is 1. The van der Waals surface area contributed by atoms with Crippen molar-refractivity contribution in [3.63, 3.8) is 0 Å². The highest BCUT2D eigenvalue weighted by atomic mass is 79.9. The van der Waals surface area contributed by atoms with Gasteiger partial charge in [0, 0.05) is 24.5 Å². The van der Waals surface area contributed by atoms with Crippen LogP contribution in [0, 0.1) is 0 Å². The lowest BCUT2D eigenvalue weighted by Gasteiger charge is -2.14. The van der Waals surface area contributed by atoms with Gasteiger partial charge in [-0.15, -0.1) is 0 Å². The zero-order chi connectivity index (χ0) is 12.7. The second-order valence-corrected chi connectivity index (χ2v) is 4.73. The van der Waals surface area contributed by atoms with Crippen LogP contribution < -0.4 is 4.74 Å². The van der Waals surface area contributed by atoms with Crippen molar-refractivity contribution in [1.82, 2.24) is 4.90 Å². The molecule has 0 radical (unpaired) electrons. The molecular weight excluding hydrogens is 282 g/mol. The number of hydrogen-bond acceptors (Lipinski definition) is 2. The number of carbonyl (C=O) groups is 1. The molecule has 0 spiro atoms. The van der Waals surface area contributed by atoms with Gasteiger partial charge in [-0.2, -0.15) is 0 Å². The standard InChI is InChI=1S/C13H18BrNO2/c1-3-15(2)13(16)8-5-9-17-12-7-4-6-11(14)10-12/h4,6-7,10H,3,5,8-9H2,1-2H3. The van der Waals surface area contributed by atoms with Gasteiger partial charge >= 0.3 is 0 Å². The number of nitrogens with zero attached hydrogens (tertiary/aromatic N) is 1. The Hall–Kier alpha value is -1.03. The third kappa shape index (κ3) is 5.22. The van der Waals surface area contributed by atoms with E-state index in [2.05, 4.69) is 15.9 Å². The van der Waals surface area contributed by atoms with Crippen LogP contribution in [0.5, 0.6) is 5.75 Å². The molecule has 1 rings (SSSR count). The maximum absolute atomic E-state index is 11.5. The number of carbonyl (C=O) groups excluding carboxylic acids is 1. The Labute approximate surface area is 111 Å². The molecule has 0 unspecified atom stereocenters. The van der Waals surface area contributed by atoms with Crippen molar-refractivity contribution in [3.05, 3.63) is 28.7 Å². The van der Waals surface area contributed by atoms with E-state index in [9.17, 15) is 4.79 Å². The lowest BCUT2D eigenvalue weighted by Crippen LogP contribution is -2.26. The van der Waals surface area contributed by atoms with Gasteiger partial charge in [-0.05, 0) is 31.5 Å². The number of benzene rings is 1. The smallest absolute Gasteiger partial charge is 0.222 e. The minimum atomic E-state index is 0.172. The average Bonchev–Trinajstić information content (AvgIpc) is 2.33. The summed E-state index contributed by atoms with van der Waals surface area (Å²) in [6.45, 7) is 3.29. The van der Waals surface area contributed by atoms with Gasteiger partial charge in [0.15, 0.2) is 0 Å². The predicted octanol–water partition coefficient (Wildman–Crippen LogP) is 3.09. The SMILES string of the molecule is CCN(C)C(=O)CCCOc1cccc(Br)c1. The Kier molecular flexibility index (Phi) is 6.05. The van der Waals surface area contributed by atoms with E-state index in [1.54, 1.807) is 4.90 Å². The summed E-state index contributed by atoms with van der Waals surface area (Å²) in [5, 5.41) is 0. The van der Waals surface area contributed by atoms with E-state index in [4.69, 9.17) is 4.74 Å². The van der Waals surface area contributed by atoms with Crippen LogP contribution in [0.3, 0.4) is 0 Å². The molecule has 0 aliphatic heterocycles. The number of hydrogen-bond donors (Lipinski definition) is 0. The van der Waals surface area contributed by atoms with Gasteiger partial charge < -0.3 is 9.64 Å². The number of amides is 1. The van der Waals surface area contributed by atoms with Crippen molar-refractivity contribution in [2.24, 2.45) is 0 Å². The molecule has 1 aromatic rings. The topological polar surface area (TPSA) is 29.5 Å². The zero-order valence-corrected chi connectivity index (χ0v) is 11.9. The minimum absolute atomic E-state index is 0.172. The van der Waals surface area contributed by atoms with Crippen molar-refractivity contribution < 1.29 is 9.53 Å². The van der Waals surface area contributed by atoms with Gasteiger partial charge in [0.1, 0.15) is 5.75 Å². The molecule has 1 amide bonds.